The molecule has 1 fully saturated rings. The van der Waals surface area contributed by atoms with E-state index in [-0.39, 0.29) is 0 Å². The Morgan fingerprint density at radius 3 is 2.52 bits per heavy atom. The molecule has 0 radical (unpaired) electrons. The van der Waals surface area contributed by atoms with Gasteiger partial charge in [0, 0.05) is 10.7 Å². The molecular formula is C22H30ClN2O2+. The topological polar surface area (TPSA) is 37.1 Å². The van der Waals surface area contributed by atoms with Crippen LogP contribution in [0.3, 0.4) is 0 Å². The first-order valence-electron chi connectivity index (χ1n) is 9.65. The van der Waals surface area contributed by atoms with E-state index in [1.165, 1.54) is 21.7 Å². The molecule has 146 valence electrons. The van der Waals surface area contributed by atoms with Crippen molar-refractivity contribution in [1.82, 2.24) is 0 Å². The van der Waals surface area contributed by atoms with Gasteiger partial charge in [0.2, 0.25) is 0 Å². The summed E-state index contributed by atoms with van der Waals surface area (Å²) in [6.07, 6.45) is -0.458. The minimum atomic E-state index is -0.458. The minimum Gasteiger partial charge on any atom is -0.490 e. The van der Waals surface area contributed by atoms with E-state index >= 15 is 0 Å². The quantitative estimate of drug-likeness (QED) is 0.796. The molecule has 3 rings (SSSR count). The molecule has 0 saturated carbocycles. The first kappa shape index (κ1) is 20.0. The number of nitrogens with one attached hydrogen (secondary N) is 1. The van der Waals surface area contributed by atoms with Crippen molar-refractivity contribution in [3.63, 3.8) is 0 Å². The zero-order valence-electron chi connectivity index (χ0n) is 16.5. The zero-order chi connectivity index (χ0) is 19.4. The molecule has 1 atom stereocenters. The number of quaternary nitrogens is 1. The number of aryl methyl sites for hydroxylation is 3. The van der Waals surface area contributed by atoms with Gasteiger partial charge >= 0.3 is 0 Å². The van der Waals surface area contributed by atoms with Crippen LogP contribution in [0.2, 0.25) is 5.02 Å². The molecule has 1 aliphatic rings. The number of halogens is 1. The lowest BCUT2D eigenvalue weighted by Gasteiger charge is -2.35. The van der Waals surface area contributed by atoms with Gasteiger partial charge < -0.3 is 19.6 Å². The van der Waals surface area contributed by atoms with Crippen molar-refractivity contribution in [1.29, 1.82) is 0 Å². The van der Waals surface area contributed by atoms with Crippen molar-refractivity contribution in [2.45, 2.75) is 26.9 Å². The lowest BCUT2D eigenvalue weighted by atomic mass is 10.1. The standard InChI is InChI=1S/C22H29ClN2O2/c1-16-4-7-22(18(3)12-16)27-15-20(26)14-24-8-10-25(11-9-24)21-13-19(23)6-5-17(21)2/h4-7,12-13,20,26H,8-11,14-15H2,1-3H3/p+1/t20-/m1/s1. The van der Waals surface area contributed by atoms with E-state index in [9.17, 15) is 5.11 Å². The van der Waals surface area contributed by atoms with Crippen molar-refractivity contribution in [2.75, 3.05) is 44.2 Å². The Bertz CT molecular complexity index is 773. The third kappa shape index (κ3) is 5.38. The highest BCUT2D eigenvalue weighted by Crippen LogP contribution is 2.24. The summed E-state index contributed by atoms with van der Waals surface area (Å²) in [7, 11) is 0. The van der Waals surface area contributed by atoms with Gasteiger partial charge in [0.1, 0.15) is 25.0 Å². The molecule has 1 heterocycles. The number of hydrogen-bond acceptors (Lipinski definition) is 3. The number of piperazine rings is 1. The van der Waals surface area contributed by atoms with E-state index in [0.29, 0.717) is 13.2 Å². The molecule has 2 aromatic carbocycles. The number of aliphatic hydroxyl groups is 1. The maximum atomic E-state index is 10.4. The summed E-state index contributed by atoms with van der Waals surface area (Å²) in [4.78, 5) is 3.81. The van der Waals surface area contributed by atoms with Gasteiger partial charge in [-0.25, -0.2) is 0 Å². The van der Waals surface area contributed by atoms with Crippen LogP contribution in [0.4, 0.5) is 5.69 Å². The Morgan fingerprint density at radius 1 is 1.07 bits per heavy atom. The van der Waals surface area contributed by atoms with E-state index in [0.717, 1.165) is 42.5 Å². The lowest BCUT2D eigenvalue weighted by Crippen LogP contribution is -3.16. The van der Waals surface area contributed by atoms with Crippen molar-refractivity contribution in [3.05, 3.63) is 58.1 Å². The number of ether oxygens (including phenoxy) is 1. The van der Waals surface area contributed by atoms with Crippen molar-refractivity contribution >= 4 is 17.3 Å². The Kier molecular flexibility index (Phi) is 6.64. The van der Waals surface area contributed by atoms with Crippen LogP contribution >= 0.6 is 11.6 Å². The van der Waals surface area contributed by atoms with Crippen LogP contribution in [0.25, 0.3) is 0 Å². The number of hydrogen-bond donors (Lipinski definition) is 2. The van der Waals surface area contributed by atoms with Crippen molar-refractivity contribution in [3.8, 4) is 5.75 Å². The molecule has 0 spiro atoms. The average molecular weight is 390 g/mol. The van der Waals surface area contributed by atoms with Crippen LogP contribution in [0.15, 0.2) is 36.4 Å². The number of nitrogens with zero attached hydrogens (tertiary/aromatic N) is 1. The Balaban J connectivity index is 1.46. The fourth-order valence-corrected chi connectivity index (χ4v) is 3.90. The summed E-state index contributed by atoms with van der Waals surface area (Å²) >= 11 is 6.16. The van der Waals surface area contributed by atoms with Crippen molar-refractivity contribution in [2.24, 2.45) is 0 Å². The van der Waals surface area contributed by atoms with Gasteiger partial charge in [0.05, 0.1) is 26.2 Å². The molecule has 1 saturated heterocycles. The molecule has 0 aromatic heterocycles. The van der Waals surface area contributed by atoms with Crippen LogP contribution in [-0.4, -0.2) is 50.5 Å². The van der Waals surface area contributed by atoms with Crippen LogP contribution in [0, 0.1) is 20.8 Å². The number of anilines is 1. The van der Waals surface area contributed by atoms with Gasteiger partial charge in [0.15, 0.2) is 0 Å². The lowest BCUT2D eigenvalue weighted by molar-refractivity contribution is -0.903. The first-order chi connectivity index (χ1) is 12.9. The van der Waals surface area contributed by atoms with E-state index in [1.807, 2.05) is 25.1 Å². The highest BCUT2D eigenvalue weighted by molar-refractivity contribution is 6.30. The summed E-state index contributed by atoms with van der Waals surface area (Å²) in [5, 5.41) is 11.2. The first-order valence-corrected chi connectivity index (χ1v) is 10.0. The van der Waals surface area contributed by atoms with Gasteiger partial charge in [-0.3, -0.25) is 0 Å². The Hall–Kier alpha value is -1.75. The van der Waals surface area contributed by atoms with Gasteiger partial charge in [-0.2, -0.15) is 0 Å². The van der Waals surface area contributed by atoms with Crippen molar-refractivity contribution < 1.29 is 14.7 Å². The van der Waals surface area contributed by atoms with E-state index < -0.39 is 6.10 Å². The average Bonchev–Trinajstić information content (AvgIpc) is 2.64. The van der Waals surface area contributed by atoms with Crippen LogP contribution in [-0.2, 0) is 0 Å². The predicted octanol–water partition coefficient (Wildman–Crippen LogP) is 2.41. The second-order valence-electron chi connectivity index (χ2n) is 7.61. The largest absolute Gasteiger partial charge is 0.490 e. The highest BCUT2D eigenvalue weighted by Gasteiger charge is 2.23. The van der Waals surface area contributed by atoms with E-state index in [4.69, 9.17) is 16.3 Å². The Morgan fingerprint density at radius 2 is 1.81 bits per heavy atom. The molecular weight excluding hydrogens is 360 g/mol. The third-order valence-electron chi connectivity index (χ3n) is 5.27. The van der Waals surface area contributed by atoms with Gasteiger partial charge in [-0.05, 0) is 50.1 Å². The Labute approximate surface area is 167 Å². The highest BCUT2D eigenvalue weighted by atomic mass is 35.5. The second-order valence-corrected chi connectivity index (χ2v) is 8.04. The number of aliphatic hydroxyl groups excluding tert-OH is 1. The predicted molar refractivity (Wildman–Crippen MR) is 111 cm³/mol. The van der Waals surface area contributed by atoms with Gasteiger partial charge in [0.25, 0.3) is 0 Å². The summed E-state index contributed by atoms with van der Waals surface area (Å²) < 4.78 is 5.83. The molecule has 27 heavy (non-hydrogen) atoms. The summed E-state index contributed by atoms with van der Waals surface area (Å²) in [6, 6.07) is 12.2. The third-order valence-corrected chi connectivity index (χ3v) is 5.50. The maximum absolute atomic E-state index is 10.4. The molecule has 4 nitrogen and oxygen atoms in total. The van der Waals surface area contributed by atoms with Crippen LogP contribution in [0.1, 0.15) is 16.7 Å². The van der Waals surface area contributed by atoms with Crippen LogP contribution < -0.4 is 14.5 Å². The SMILES string of the molecule is Cc1ccc(OC[C@H](O)C[NH+]2CCN(c3cc(Cl)ccc3C)CC2)c(C)c1. The fourth-order valence-electron chi connectivity index (χ4n) is 3.73. The zero-order valence-corrected chi connectivity index (χ0v) is 17.2. The summed E-state index contributed by atoms with van der Waals surface area (Å²) in [5.41, 5.74) is 4.81. The normalized spacial score (nSPS) is 16.4. The maximum Gasteiger partial charge on any atom is 0.137 e. The van der Waals surface area contributed by atoms with Gasteiger partial charge in [-0.15, -0.1) is 0 Å². The molecule has 0 amide bonds. The van der Waals surface area contributed by atoms with Crippen LogP contribution in [0.5, 0.6) is 5.75 Å². The minimum absolute atomic E-state index is 0.338. The summed E-state index contributed by atoms with van der Waals surface area (Å²) in [5.74, 6) is 0.857. The van der Waals surface area contributed by atoms with E-state index in [2.05, 4.69) is 36.9 Å². The monoisotopic (exact) mass is 389 g/mol. The van der Waals surface area contributed by atoms with E-state index in [1.54, 1.807) is 0 Å². The molecule has 0 unspecified atom stereocenters. The fraction of sp³-hybridized carbons (Fsp3) is 0.455. The molecule has 0 aliphatic carbocycles. The number of rotatable bonds is 6. The smallest absolute Gasteiger partial charge is 0.137 e. The molecule has 2 N–H and O–H groups in total. The van der Waals surface area contributed by atoms with Gasteiger partial charge in [-0.1, -0.05) is 35.4 Å². The summed E-state index contributed by atoms with van der Waals surface area (Å²) in [6.45, 7) is 11.2. The molecule has 0 bridgehead atoms. The second kappa shape index (κ2) is 8.96. The number of benzene rings is 2. The molecule has 1 aliphatic heterocycles. The molecule has 5 heteroatoms. The molecule has 2 aromatic rings.